The molecule has 0 N–H and O–H groups in total. The number of alkyl halides is 1. The molecule has 102 valence electrons. The van der Waals surface area contributed by atoms with Gasteiger partial charge in [-0.3, -0.25) is 0 Å². The summed E-state index contributed by atoms with van der Waals surface area (Å²) in [4.78, 5) is 0. The van der Waals surface area contributed by atoms with Gasteiger partial charge in [0.05, 0.1) is 6.61 Å². The first-order valence-corrected chi connectivity index (χ1v) is 8.59. The number of unbranched alkanes of at least 4 members (excludes halogenated alkanes) is 6. The normalized spacial score (nSPS) is 25.1. The molecule has 0 radical (unpaired) electrons. The zero-order valence-electron chi connectivity index (χ0n) is 11.5. The maximum Gasteiger partial charge on any atom is 0.0530 e. The van der Waals surface area contributed by atoms with Crippen LogP contribution in [0.1, 0.15) is 71.1 Å². The minimum atomic E-state index is 0.460. The van der Waals surface area contributed by atoms with Crippen LogP contribution >= 0.6 is 15.9 Å². The van der Waals surface area contributed by atoms with Crippen molar-refractivity contribution in [3.63, 3.8) is 0 Å². The number of halogens is 1. The Balaban J connectivity index is 2.03. The van der Waals surface area contributed by atoms with Crippen molar-refractivity contribution in [1.82, 2.24) is 0 Å². The van der Waals surface area contributed by atoms with E-state index < -0.39 is 0 Å². The van der Waals surface area contributed by atoms with Gasteiger partial charge in [-0.25, -0.2) is 0 Å². The third-order valence-corrected chi connectivity index (χ3v) is 5.19. The van der Waals surface area contributed by atoms with Gasteiger partial charge >= 0.3 is 0 Å². The van der Waals surface area contributed by atoms with Crippen molar-refractivity contribution in [2.45, 2.75) is 71.1 Å². The molecule has 1 heterocycles. The van der Waals surface area contributed by atoms with Gasteiger partial charge in [0.1, 0.15) is 0 Å². The molecule has 0 saturated carbocycles. The lowest BCUT2D eigenvalue weighted by Gasteiger charge is -2.35. The standard InChI is InChI=1S/C15H29BrO/c1-2-3-4-5-6-7-8-10-15(13-16)11-9-12-17-14-15/h2-14H2,1H3. The lowest BCUT2D eigenvalue weighted by molar-refractivity contribution is 0.000215. The van der Waals surface area contributed by atoms with Crippen LogP contribution in [0.5, 0.6) is 0 Å². The molecule has 1 rings (SSSR count). The molecule has 2 heteroatoms. The average Bonchev–Trinajstić information content (AvgIpc) is 2.39. The monoisotopic (exact) mass is 304 g/mol. The van der Waals surface area contributed by atoms with E-state index >= 15 is 0 Å². The molecular weight excluding hydrogens is 276 g/mol. The van der Waals surface area contributed by atoms with E-state index in [0.717, 1.165) is 18.5 Å². The van der Waals surface area contributed by atoms with Gasteiger partial charge in [0, 0.05) is 17.4 Å². The van der Waals surface area contributed by atoms with Crippen LogP contribution in [0.4, 0.5) is 0 Å². The largest absolute Gasteiger partial charge is 0.381 e. The van der Waals surface area contributed by atoms with E-state index in [2.05, 4.69) is 22.9 Å². The Bertz CT molecular complexity index is 176. The molecule has 1 unspecified atom stereocenters. The molecular formula is C15H29BrO. The smallest absolute Gasteiger partial charge is 0.0530 e. The van der Waals surface area contributed by atoms with E-state index in [1.165, 1.54) is 64.2 Å². The minimum Gasteiger partial charge on any atom is -0.381 e. The van der Waals surface area contributed by atoms with Gasteiger partial charge < -0.3 is 4.74 Å². The van der Waals surface area contributed by atoms with Crippen LogP contribution in [-0.2, 0) is 4.74 Å². The van der Waals surface area contributed by atoms with Crippen LogP contribution in [0.3, 0.4) is 0 Å². The van der Waals surface area contributed by atoms with Crippen molar-refractivity contribution >= 4 is 15.9 Å². The third-order valence-electron chi connectivity index (χ3n) is 4.00. The lowest BCUT2D eigenvalue weighted by Crippen LogP contribution is -2.33. The lowest BCUT2D eigenvalue weighted by atomic mass is 9.80. The molecule has 0 aliphatic carbocycles. The highest BCUT2D eigenvalue weighted by molar-refractivity contribution is 9.09. The molecule has 0 aromatic heterocycles. The summed E-state index contributed by atoms with van der Waals surface area (Å²) < 4.78 is 5.66. The van der Waals surface area contributed by atoms with Crippen molar-refractivity contribution in [1.29, 1.82) is 0 Å². The fraction of sp³-hybridized carbons (Fsp3) is 1.00. The molecule has 1 nitrogen and oxygen atoms in total. The SMILES string of the molecule is CCCCCCCCCC1(CBr)CCCOC1. The van der Waals surface area contributed by atoms with E-state index in [4.69, 9.17) is 4.74 Å². The maximum atomic E-state index is 5.66. The Morgan fingerprint density at radius 3 is 2.35 bits per heavy atom. The summed E-state index contributed by atoms with van der Waals surface area (Å²) in [5, 5.41) is 1.12. The molecule has 1 saturated heterocycles. The summed E-state index contributed by atoms with van der Waals surface area (Å²) >= 11 is 3.69. The summed E-state index contributed by atoms with van der Waals surface area (Å²) in [6, 6.07) is 0. The predicted octanol–water partition coefficient (Wildman–Crippen LogP) is 5.32. The van der Waals surface area contributed by atoms with Crippen molar-refractivity contribution in [3.05, 3.63) is 0 Å². The number of hydrogen-bond donors (Lipinski definition) is 0. The van der Waals surface area contributed by atoms with E-state index in [0.29, 0.717) is 5.41 Å². The van der Waals surface area contributed by atoms with Gasteiger partial charge in [-0.05, 0) is 19.3 Å². The zero-order chi connectivity index (χ0) is 12.4. The average molecular weight is 305 g/mol. The van der Waals surface area contributed by atoms with Crippen LogP contribution in [0.2, 0.25) is 0 Å². The second-order valence-corrected chi connectivity index (χ2v) is 6.22. The molecule has 0 amide bonds. The quantitative estimate of drug-likeness (QED) is 0.414. The molecule has 1 aliphatic heterocycles. The molecule has 0 aromatic rings. The van der Waals surface area contributed by atoms with E-state index in [1.54, 1.807) is 0 Å². The Labute approximate surface area is 116 Å². The highest BCUT2D eigenvalue weighted by Crippen LogP contribution is 2.36. The molecule has 1 fully saturated rings. The Hall–Kier alpha value is 0.440. The number of rotatable bonds is 9. The first-order chi connectivity index (χ1) is 8.33. The fourth-order valence-electron chi connectivity index (χ4n) is 2.74. The van der Waals surface area contributed by atoms with Gasteiger partial charge in [-0.15, -0.1) is 0 Å². The van der Waals surface area contributed by atoms with Gasteiger partial charge in [-0.1, -0.05) is 67.8 Å². The second kappa shape index (κ2) is 9.38. The van der Waals surface area contributed by atoms with Crippen LogP contribution < -0.4 is 0 Å². The third kappa shape index (κ3) is 6.24. The Kier molecular flexibility index (Phi) is 8.55. The van der Waals surface area contributed by atoms with Crippen LogP contribution in [0.25, 0.3) is 0 Å². The fourth-order valence-corrected chi connectivity index (χ4v) is 3.46. The maximum absolute atomic E-state index is 5.66. The van der Waals surface area contributed by atoms with Gasteiger partial charge in [0.15, 0.2) is 0 Å². The Morgan fingerprint density at radius 2 is 1.76 bits per heavy atom. The number of ether oxygens (including phenoxy) is 1. The van der Waals surface area contributed by atoms with Gasteiger partial charge in [0.2, 0.25) is 0 Å². The highest BCUT2D eigenvalue weighted by Gasteiger charge is 2.30. The highest BCUT2D eigenvalue weighted by atomic mass is 79.9. The first kappa shape index (κ1) is 15.5. The molecule has 1 aliphatic rings. The van der Waals surface area contributed by atoms with Crippen molar-refractivity contribution < 1.29 is 4.74 Å². The summed E-state index contributed by atoms with van der Waals surface area (Å²) in [6.07, 6.45) is 13.8. The Morgan fingerprint density at radius 1 is 1.06 bits per heavy atom. The summed E-state index contributed by atoms with van der Waals surface area (Å²) in [5.74, 6) is 0. The minimum absolute atomic E-state index is 0.460. The van der Waals surface area contributed by atoms with E-state index in [9.17, 15) is 0 Å². The molecule has 17 heavy (non-hydrogen) atoms. The van der Waals surface area contributed by atoms with Crippen molar-refractivity contribution in [2.75, 3.05) is 18.5 Å². The predicted molar refractivity (Wildman–Crippen MR) is 78.9 cm³/mol. The van der Waals surface area contributed by atoms with E-state index in [-0.39, 0.29) is 0 Å². The van der Waals surface area contributed by atoms with Crippen LogP contribution in [0.15, 0.2) is 0 Å². The summed E-state index contributed by atoms with van der Waals surface area (Å²) in [7, 11) is 0. The molecule has 0 aromatic carbocycles. The molecule has 0 spiro atoms. The topological polar surface area (TPSA) is 9.23 Å². The summed E-state index contributed by atoms with van der Waals surface area (Å²) in [5.41, 5.74) is 0.460. The second-order valence-electron chi connectivity index (χ2n) is 5.66. The van der Waals surface area contributed by atoms with Gasteiger partial charge in [0.25, 0.3) is 0 Å². The zero-order valence-corrected chi connectivity index (χ0v) is 13.1. The van der Waals surface area contributed by atoms with Crippen LogP contribution in [-0.4, -0.2) is 18.5 Å². The van der Waals surface area contributed by atoms with Gasteiger partial charge in [-0.2, -0.15) is 0 Å². The van der Waals surface area contributed by atoms with Crippen LogP contribution in [0, 0.1) is 5.41 Å². The molecule has 1 atom stereocenters. The number of hydrogen-bond acceptors (Lipinski definition) is 1. The first-order valence-electron chi connectivity index (χ1n) is 7.47. The molecule has 0 bridgehead atoms. The van der Waals surface area contributed by atoms with Crippen molar-refractivity contribution in [3.8, 4) is 0 Å². The summed E-state index contributed by atoms with van der Waals surface area (Å²) in [6.45, 7) is 4.24. The van der Waals surface area contributed by atoms with E-state index in [1.807, 2.05) is 0 Å². The van der Waals surface area contributed by atoms with Crippen molar-refractivity contribution in [2.24, 2.45) is 5.41 Å².